The van der Waals surface area contributed by atoms with Crippen LogP contribution in [0.5, 0.6) is 0 Å². The van der Waals surface area contributed by atoms with Gasteiger partial charge in [-0.3, -0.25) is 9.80 Å². The van der Waals surface area contributed by atoms with E-state index in [1.165, 1.54) is 38.2 Å². The molecule has 27 heavy (non-hydrogen) atoms. The Morgan fingerprint density at radius 3 is 1.26 bits per heavy atom. The van der Waals surface area contributed by atoms with Crippen molar-refractivity contribution in [3.05, 3.63) is 0 Å². The normalized spacial score (nSPS) is 22.8. The first-order valence-electron chi connectivity index (χ1n) is 8.61. The van der Waals surface area contributed by atoms with Crippen molar-refractivity contribution >= 4 is 18.0 Å². The van der Waals surface area contributed by atoms with E-state index in [4.69, 9.17) is 18.9 Å². The van der Waals surface area contributed by atoms with Crippen molar-refractivity contribution in [2.24, 2.45) is 5.41 Å². The van der Waals surface area contributed by atoms with Gasteiger partial charge in [0.2, 0.25) is 12.5 Å². The summed E-state index contributed by atoms with van der Waals surface area (Å²) in [5.74, 6) is -1.44. The van der Waals surface area contributed by atoms with E-state index in [0.29, 0.717) is 0 Å². The maximum atomic E-state index is 13.6. The molecule has 0 bridgehead atoms. The average Bonchev–Trinajstić information content (AvgIpc) is 2.60. The molecule has 0 aromatic carbocycles. The molecule has 0 spiro atoms. The third kappa shape index (κ3) is 3.27. The fourth-order valence-electron chi connectivity index (χ4n) is 3.55. The maximum absolute atomic E-state index is 13.6. The Labute approximate surface area is 160 Å². The summed E-state index contributed by atoms with van der Waals surface area (Å²) >= 11 is 0. The molecule has 1 saturated heterocycles. The van der Waals surface area contributed by atoms with Crippen LogP contribution in [0.3, 0.4) is 0 Å². The molecule has 0 N–H and O–H groups in total. The van der Waals surface area contributed by atoms with Gasteiger partial charge in [-0.15, -0.1) is 0 Å². The first-order chi connectivity index (χ1) is 12.3. The Bertz CT molecular complexity index is 553. The molecule has 0 aromatic heterocycles. The number of hydrogen-bond donors (Lipinski definition) is 0. The van der Waals surface area contributed by atoms with Gasteiger partial charge in [0.15, 0.2) is 0 Å². The lowest BCUT2D eigenvalue weighted by Gasteiger charge is -2.65. The van der Waals surface area contributed by atoms with E-state index in [2.05, 4.69) is 0 Å². The van der Waals surface area contributed by atoms with Gasteiger partial charge in [0, 0.05) is 30.7 Å². The standard InChI is InChI=1S/C18H32N2O7/c1-16(2)17(3,4)19(11(24-7)13(21)26-9)15(23)20(18(16,5)6)12(25-8)14(22)27-10/h11-12H,1-10H3. The average molecular weight is 388 g/mol. The third-order valence-corrected chi connectivity index (χ3v) is 6.40. The Morgan fingerprint density at radius 2 is 1.04 bits per heavy atom. The molecule has 1 aliphatic rings. The molecular formula is C18H32N2O7. The fraction of sp³-hybridized carbons (Fsp3) is 0.833. The lowest BCUT2D eigenvalue weighted by Crippen LogP contribution is -2.80. The van der Waals surface area contributed by atoms with Crippen molar-refractivity contribution in [2.45, 2.75) is 65.1 Å². The first kappa shape index (κ1) is 23.2. The molecule has 156 valence electrons. The minimum atomic E-state index is -1.29. The van der Waals surface area contributed by atoms with Gasteiger partial charge in [0.05, 0.1) is 14.2 Å². The minimum absolute atomic E-state index is 0.598. The molecule has 0 saturated carbocycles. The van der Waals surface area contributed by atoms with Crippen LogP contribution >= 0.6 is 0 Å². The molecule has 1 fully saturated rings. The van der Waals surface area contributed by atoms with E-state index < -0.39 is 46.9 Å². The molecule has 1 rings (SSSR count). The molecule has 9 nitrogen and oxygen atoms in total. The minimum Gasteiger partial charge on any atom is -0.466 e. The van der Waals surface area contributed by atoms with Crippen LogP contribution in [0.4, 0.5) is 4.79 Å². The Kier molecular flexibility index (Phi) is 6.55. The molecule has 0 radical (unpaired) electrons. The predicted octanol–water partition coefficient (Wildman–Crippen LogP) is 1.60. The summed E-state index contributed by atoms with van der Waals surface area (Å²) in [5.41, 5.74) is -2.30. The second-order valence-electron chi connectivity index (χ2n) is 7.99. The van der Waals surface area contributed by atoms with Crippen molar-refractivity contribution in [1.29, 1.82) is 0 Å². The van der Waals surface area contributed by atoms with E-state index >= 15 is 0 Å². The molecular weight excluding hydrogens is 356 g/mol. The quantitative estimate of drug-likeness (QED) is 0.638. The largest absolute Gasteiger partial charge is 0.466 e. The number of ether oxygens (including phenoxy) is 4. The lowest BCUT2D eigenvalue weighted by atomic mass is 9.59. The zero-order chi connectivity index (χ0) is 21.4. The van der Waals surface area contributed by atoms with Gasteiger partial charge in [0.1, 0.15) is 0 Å². The number of carbonyl (C=O) groups excluding carboxylic acids is 3. The summed E-state index contributed by atoms with van der Waals surface area (Å²) in [6.07, 6.45) is -2.57. The summed E-state index contributed by atoms with van der Waals surface area (Å²) in [5, 5.41) is 0. The maximum Gasteiger partial charge on any atom is 0.356 e. The molecule has 2 atom stereocenters. The molecule has 0 aliphatic carbocycles. The number of esters is 2. The number of urea groups is 1. The van der Waals surface area contributed by atoms with Gasteiger partial charge >= 0.3 is 18.0 Å². The number of hydrogen-bond acceptors (Lipinski definition) is 7. The highest BCUT2D eigenvalue weighted by atomic mass is 16.6. The van der Waals surface area contributed by atoms with Crippen molar-refractivity contribution in [3.63, 3.8) is 0 Å². The number of methoxy groups -OCH3 is 4. The number of carbonyl (C=O) groups is 3. The van der Waals surface area contributed by atoms with Gasteiger partial charge in [-0.25, -0.2) is 14.4 Å². The Hall–Kier alpha value is -1.87. The number of nitrogens with zero attached hydrogens (tertiary/aromatic N) is 2. The highest BCUT2D eigenvalue weighted by molar-refractivity contribution is 5.88. The summed E-state index contributed by atoms with van der Waals surface area (Å²) < 4.78 is 20.2. The zero-order valence-corrected chi connectivity index (χ0v) is 17.9. The molecule has 2 unspecified atom stereocenters. The van der Waals surface area contributed by atoms with Crippen LogP contribution in [-0.2, 0) is 28.5 Å². The van der Waals surface area contributed by atoms with E-state index in [1.54, 1.807) is 0 Å². The van der Waals surface area contributed by atoms with Gasteiger partial charge in [0.25, 0.3) is 0 Å². The monoisotopic (exact) mass is 388 g/mol. The van der Waals surface area contributed by atoms with Gasteiger partial charge in [-0.05, 0) is 27.7 Å². The van der Waals surface area contributed by atoms with Crippen LogP contribution in [0.15, 0.2) is 0 Å². The van der Waals surface area contributed by atoms with Crippen LogP contribution in [-0.4, -0.2) is 79.7 Å². The topological polar surface area (TPSA) is 94.6 Å². The Morgan fingerprint density at radius 1 is 0.741 bits per heavy atom. The van der Waals surface area contributed by atoms with Gasteiger partial charge in [-0.2, -0.15) is 0 Å². The summed E-state index contributed by atoms with van der Waals surface area (Å²) in [7, 11) is 5.07. The fourth-order valence-corrected chi connectivity index (χ4v) is 3.55. The van der Waals surface area contributed by atoms with E-state index in [9.17, 15) is 14.4 Å². The second kappa shape index (κ2) is 7.63. The van der Waals surface area contributed by atoms with Crippen LogP contribution in [0.1, 0.15) is 41.5 Å². The van der Waals surface area contributed by atoms with Crippen molar-refractivity contribution in [1.82, 2.24) is 9.80 Å². The molecule has 2 amide bonds. The van der Waals surface area contributed by atoms with Gasteiger partial charge < -0.3 is 18.9 Å². The Balaban J connectivity index is 3.70. The second-order valence-corrected chi connectivity index (χ2v) is 7.99. The number of rotatable bonds is 6. The molecule has 9 heteroatoms. The van der Waals surface area contributed by atoms with Crippen LogP contribution in [0.25, 0.3) is 0 Å². The van der Waals surface area contributed by atoms with Crippen LogP contribution in [0, 0.1) is 5.41 Å². The number of amides is 2. The summed E-state index contributed by atoms with van der Waals surface area (Å²) in [6, 6.07) is -0.598. The SMILES string of the molecule is COC(=O)C(OC)N1C(=O)N(C(OC)C(=O)OC)C(C)(C)C(C)(C)C1(C)C. The van der Waals surface area contributed by atoms with Crippen molar-refractivity contribution in [2.75, 3.05) is 28.4 Å². The molecule has 1 aliphatic heterocycles. The van der Waals surface area contributed by atoms with Crippen molar-refractivity contribution < 1.29 is 33.3 Å². The molecule has 1 heterocycles. The van der Waals surface area contributed by atoms with Crippen molar-refractivity contribution in [3.8, 4) is 0 Å². The smallest absolute Gasteiger partial charge is 0.356 e. The van der Waals surface area contributed by atoms with E-state index in [1.807, 2.05) is 41.5 Å². The third-order valence-electron chi connectivity index (χ3n) is 6.40. The van der Waals surface area contributed by atoms with Crippen LogP contribution in [0.2, 0.25) is 0 Å². The predicted molar refractivity (Wildman–Crippen MR) is 96.6 cm³/mol. The highest BCUT2D eigenvalue weighted by Crippen LogP contribution is 2.52. The zero-order valence-electron chi connectivity index (χ0n) is 17.9. The lowest BCUT2D eigenvalue weighted by molar-refractivity contribution is -0.212. The summed E-state index contributed by atoms with van der Waals surface area (Å²) in [4.78, 5) is 40.7. The first-order valence-corrected chi connectivity index (χ1v) is 8.61. The van der Waals surface area contributed by atoms with Crippen LogP contribution < -0.4 is 0 Å². The highest BCUT2D eigenvalue weighted by Gasteiger charge is 2.65. The van der Waals surface area contributed by atoms with E-state index in [0.717, 1.165) is 0 Å². The summed E-state index contributed by atoms with van der Waals surface area (Å²) in [6.45, 7) is 11.3. The molecule has 0 aromatic rings. The van der Waals surface area contributed by atoms with Gasteiger partial charge in [-0.1, -0.05) is 13.8 Å². The van der Waals surface area contributed by atoms with E-state index in [-0.39, 0.29) is 0 Å².